The van der Waals surface area contributed by atoms with Gasteiger partial charge >= 0.3 is 0 Å². The van der Waals surface area contributed by atoms with Crippen LogP contribution >= 0.6 is 0 Å². The van der Waals surface area contributed by atoms with E-state index in [0.717, 1.165) is 17.5 Å². The highest BCUT2D eigenvalue weighted by Crippen LogP contribution is 2.27. The molecule has 0 saturated heterocycles. The van der Waals surface area contributed by atoms with E-state index in [1.165, 1.54) is 10.6 Å². The van der Waals surface area contributed by atoms with Crippen LogP contribution in [-0.4, -0.2) is 26.1 Å². The van der Waals surface area contributed by atoms with Gasteiger partial charge in [0, 0.05) is 11.1 Å². The number of benzene rings is 2. The largest absolute Gasteiger partial charge is 0.347 e. The fraction of sp³-hybridized carbons (Fsp3) is 0.458. The van der Waals surface area contributed by atoms with Crippen molar-refractivity contribution in [3.63, 3.8) is 0 Å². The lowest BCUT2D eigenvalue weighted by atomic mass is 9.81. The number of amides is 1. The molecule has 164 valence electrons. The topological polar surface area (TPSA) is 66.5 Å². The third kappa shape index (κ3) is 6.87. The minimum Gasteiger partial charge on any atom is -0.347 e. The van der Waals surface area contributed by atoms with Crippen LogP contribution in [0.2, 0.25) is 0 Å². The van der Waals surface area contributed by atoms with Crippen LogP contribution in [0.25, 0.3) is 0 Å². The number of anilines is 1. The number of nitrogens with one attached hydrogen (secondary N) is 1. The quantitative estimate of drug-likeness (QED) is 0.679. The first kappa shape index (κ1) is 23.9. The molecule has 0 heterocycles. The Morgan fingerprint density at radius 1 is 0.967 bits per heavy atom. The summed E-state index contributed by atoms with van der Waals surface area (Å²) >= 11 is 0. The van der Waals surface area contributed by atoms with Crippen LogP contribution < -0.4 is 9.62 Å². The Morgan fingerprint density at radius 3 is 2.03 bits per heavy atom. The van der Waals surface area contributed by atoms with E-state index in [4.69, 9.17) is 0 Å². The summed E-state index contributed by atoms with van der Waals surface area (Å²) in [6.07, 6.45) is 2.03. The molecule has 0 fully saturated rings. The van der Waals surface area contributed by atoms with Crippen molar-refractivity contribution in [2.75, 3.05) is 10.6 Å². The smallest absolute Gasteiger partial charge is 0.251 e. The Balaban J connectivity index is 2.23. The van der Waals surface area contributed by atoms with Gasteiger partial charge in [-0.15, -0.1) is 0 Å². The molecule has 30 heavy (non-hydrogen) atoms. The van der Waals surface area contributed by atoms with Gasteiger partial charge in [0.05, 0.1) is 18.5 Å². The summed E-state index contributed by atoms with van der Waals surface area (Å²) in [6, 6.07) is 14.4. The minimum absolute atomic E-state index is 0.0895. The number of hydrogen-bond acceptors (Lipinski definition) is 3. The highest BCUT2D eigenvalue weighted by atomic mass is 32.2. The third-order valence-corrected chi connectivity index (χ3v) is 5.96. The van der Waals surface area contributed by atoms with E-state index in [2.05, 4.69) is 26.1 Å². The van der Waals surface area contributed by atoms with Crippen molar-refractivity contribution in [2.24, 2.45) is 5.41 Å². The van der Waals surface area contributed by atoms with Crippen LogP contribution in [-0.2, 0) is 16.6 Å². The second-order valence-corrected chi connectivity index (χ2v) is 11.7. The summed E-state index contributed by atoms with van der Waals surface area (Å²) in [5, 5.41) is 3.08. The summed E-state index contributed by atoms with van der Waals surface area (Å²) in [7, 11) is -3.48. The van der Waals surface area contributed by atoms with Crippen LogP contribution in [0.4, 0.5) is 5.69 Å². The van der Waals surface area contributed by atoms with Gasteiger partial charge in [0.15, 0.2) is 0 Å². The molecule has 0 aliphatic rings. The molecule has 5 nitrogen and oxygen atoms in total. The molecule has 6 heteroatoms. The molecular formula is C24H34N2O3S. The second-order valence-electron chi connectivity index (χ2n) is 9.82. The second kappa shape index (κ2) is 8.80. The SMILES string of the molecule is Cc1ccccc1CN(c1ccc(C(=O)NC(C)(C)CC(C)(C)C)cc1)S(C)(=O)=O. The van der Waals surface area contributed by atoms with Gasteiger partial charge in [-0.2, -0.15) is 0 Å². The minimum atomic E-state index is -3.48. The zero-order chi connectivity index (χ0) is 22.7. The van der Waals surface area contributed by atoms with E-state index < -0.39 is 10.0 Å². The first-order valence-corrected chi connectivity index (χ1v) is 12.0. The van der Waals surface area contributed by atoms with Gasteiger partial charge in [0.2, 0.25) is 10.0 Å². The van der Waals surface area contributed by atoms with E-state index in [1.807, 2.05) is 45.0 Å². The Morgan fingerprint density at radius 2 is 1.53 bits per heavy atom. The van der Waals surface area contributed by atoms with Crippen molar-refractivity contribution in [3.05, 3.63) is 65.2 Å². The number of sulfonamides is 1. The maximum atomic E-state index is 12.7. The number of nitrogens with zero attached hydrogens (tertiary/aromatic N) is 1. The zero-order valence-electron chi connectivity index (χ0n) is 19.1. The van der Waals surface area contributed by atoms with E-state index >= 15 is 0 Å². The fourth-order valence-corrected chi connectivity index (χ4v) is 4.75. The van der Waals surface area contributed by atoms with Crippen LogP contribution in [0, 0.1) is 12.3 Å². The molecule has 2 rings (SSSR count). The standard InChI is InChI=1S/C24H34N2O3S/c1-18-10-8-9-11-20(18)16-26(30(7,28)29)21-14-12-19(13-15-21)22(27)25-24(5,6)17-23(2,3)4/h8-15H,16-17H2,1-7H3,(H,25,27). The Kier molecular flexibility index (Phi) is 7.02. The number of carbonyl (C=O) groups excluding carboxylic acids is 1. The van der Waals surface area contributed by atoms with E-state index in [0.29, 0.717) is 11.3 Å². The van der Waals surface area contributed by atoms with Gasteiger partial charge in [0.25, 0.3) is 5.91 Å². The molecule has 0 aromatic heterocycles. The first-order valence-electron chi connectivity index (χ1n) is 10.1. The van der Waals surface area contributed by atoms with Crippen molar-refractivity contribution in [1.82, 2.24) is 5.32 Å². The lowest BCUT2D eigenvalue weighted by Crippen LogP contribution is -2.45. The summed E-state index contributed by atoms with van der Waals surface area (Å²) in [4.78, 5) is 12.7. The average Bonchev–Trinajstić information content (AvgIpc) is 2.57. The zero-order valence-corrected chi connectivity index (χ0v) is 19.9. The van der Waals surface area contributed by atoms with Crippen molar-refractivity contribution >= 4 is 21.6 Å². The van der Waals surface area contributed by atoms with Gasteiger partial charge in [0.1, 0.15) is 0 Å². The molecule has 0 spiro atoms. The number of rotatable bonds is 7. The predicted octanol–water partition coefficient (Wildman–Crippen LogP) is 4.91. The fourth-order valence-electron chi connectivity index (χ4n) is 3.87. The summed E-state index contributed by atoms with van der Waals surface area (Å²) in [5.41, 5.74) is 2.75. The molecule has 0 saturated carbocycles. The van der Waals surface area contributed by atoms with Gasteiger partial charge in [-0.25, -0.2) is 8.42 Å². The van der Waals surface area contributed by atoms with Crippen molar-refractivity contribution in [2.45, 2.75) is 60.0 Å². The molecule has 0 unspecified atom stereocenters. The summed E-state index contributed by atoms with van der Waals surface area (Å²) in [6.45, 7) is 12.7. The maximum Gasteiger partial charge on any atom is 0.251 e. The van der Waals surface area contributed by atoms with Crippen LogP contribution in [0.1, 0.15) is 62.5 Å². The molecule has 0 aliphatic heterocycles. The Labute approximate surface area is 181 Å². The molecule has 0 aliphatic carbocycles. The van der Waals surface area contributed by atoms with E-state index in [9.17, 15) is 13.2 Å². The predicted molar refractivity (Wildman–Crippen MR) is 124 cm³/mol. The normalized spacial score (nSPS) is 12.5. The van der Waals surface area contributed by atoms with Gasteiger partial charge in [-0.05, 0) is 68.0 Å². The molecule has 2 aromatic rings. The van der Waals surface area contributed by atoms with Gasteiger partial charge in [-0.3, -0.25) is 9.10 Å². The lowest BCUT2D eigenvalue weighted by molar-refractivity contribution is 0.0891. The Bertz CT molecular complexity index is 988. The maximum absolute atomic E-state index is 12.7. The van der Waals surface area contributed by atoms with Gasteiger partial charge in [-0.1, -0.05) is 45.0 Å². The molecule has 1 amide bonds. The third-order valence-electron chi connectivity index (χ3n) is 4.82. The highest BCUT2D eigenvalue weighted by Gasteiger charge is 2.27. The molecule has 0 bridgehead atoms. The molecular weight excluding hydrogens is 396 g/mol. The van der Waals surface area contributed by atoms with Crippen molar-refractivity contribution < 1.29 is 13.2 Å². The van der Waals surface area contributed by atoms with Crippen LogP contribution in [0.5, 0.6) is 0 Å². The monoisotopic (exact) mass is 430 g/mol. The molecule has 0 radical (unpaired) electrons. The van der Waals surface area contributed by atoms with Crippen molar-refractivity contribution in [1.29, 1.82) is 0 Å². The van der Waals surface area contributed by atoms with Crippen molar-refractivity contribution in [3.8, 4) is 0 Å². The lowest BCUT2D eigenvalue weighted by Gasteiger charge is -2.33. The van der Waals surface area contributed by atoms with E-state index in [1.54, 1.807) is 24.3 Å². The number of hydrogen-bond donors (Lipinski definition) is 1. The Hall–Kier alpha value is -2.34. The summed E-state index contributed by atoms with van der Waals surface area (Å²) in [5.74, 6) is -0.166. The summed E-state index contributed by atoms with van der Waals surface area (Å²) < 4.78 is 26.2. The number of carbonyl (C=O) groups is 1. The van der Waals surface area contributed by atoms with E-state index in [-0.39, 0.29) is 23.4 Å². The number of aryl methyl sites for hydroxylation is 1. The average molecular weight is 431 g/mol. The molecule has 2 aromatic carbocycles. The highest BCUT2D eigenvalue weighted by molar-refractivity contribution is 7.92. The first-order chi connectivity index (χ1) is 13.7. The van der Waals surface area contributed by atoms with Crippen LogP contribution in [0.15, 0.2) is 48.5 Å². The van der Waals surface area contributed by atoms with Gasteiger partial charge < -0.3 is 5.32 Å². The molecule has 1 N–H and O–H groups in total. The molecule has 0 atom stereocenters. The van der Waals surface area contributed by atoms with Crippen LogP contribution in [0.3, 0.4) is 0 Å².